The molecule has 0 spiro atoms. The van der Waals surface area contributed by atoms with Crippen molar-refractivity contribution >= 4 is 52.8 Å². The van der Waals surface area contributed by atoms with Crippen LogP contribution in [0.15, 0.2) is 82.6 Å². The molecule has 0 saturated heterocycles. The van der Waals surface area contributed by atoms with Gasteiger partial charge in [-0.15, -0.1) is 23.5 Å². The van der Waals surface area contributed by atoms with Gasteiger partial charge in [0.25, 0.3) is 0 Å². The summed E-state index contributed by atoms with van der Waals surface area (Å²) in [6, 6.07) is 24.5. The van der Waals surface area contributed by atoms with E-state index >= 15 is 0 Å². The number of rotatable bonds is 16. The van der Waals surface area contributed by atoms with Crippen molar-refractivity contribution in [3.8, 4) is 0 Å². The highest BCUT2D eigenvalue weighted by Gasteiger charge is 2.36. The maximum Gasteiger partial charge on any atom is 0.320 e. The molecule has 0 aromatic heterocycles. The Balaban J connectivity index is 0.000000347. The van der Waals surface area contributed by atoms with E-state index in [2.05, 4.69) is 55.5 Å². The van der Waals surface area contributed by atoms with Crippen LogP contribution in [-0.4, -0.2) is 65.7 Å². The van der Waals surface area contributed by atoms with E-state index in [9.17, 15) is 29.1 Å². The number of carbonyl (C=O) groups excluding carboxylic acids is 5. The Morgan fingerprint density at radius 1 is 0.583 bits per heavy atom. The summed E-state index contributed by atoms with van der Waals surface area (Å²) in [6.45, 7) is 20.4. The predicted octanol–water partition coefficient (Wildman–Crippen LogP) is 10.6. The molecule has 60 heavy (non-hydrogen) atoms. The number of methoxy groups -OCH3 is 2. The van der Waals surface area contributed by atoms with Crippen molar-refractivity contribution in [2.24, 2.45) is 0 Å². The molecule has 0 aliphatic heterocycles. The Morgan fingerprint density at radius 3 is 1.32 bits per heavy atom. The van der Waals surface area contributed by atoms with E-state index in [0.717, 1.165) is 49.6 Å². The topological polar surface area (TPSA) is 124 Å². The lowest BCUT2D eigenvalue weighted by Crippen LogP contribution is -2.34. The summed E-state index contributed by atoms with van der Waals surface area (Å²) in [7, 11) is 2.59. The molecule has 10 heteroatoms. The van der Waals surface area contributed by atoms with Crippen molar-refractivity contribution in [2.75, 3.05) is 25.7 Å². The number of benzene rings is 4. The van der Waals surface area contributed by atoms with Gasteiger partial charge in [-0.25, -0.2) is 0 Å². The Bertz CT molecular complexity index is 2040. The Hall–Kier alpha value is -4.51. The molecule has 3 unspecified atom stereocenters. The SMILES string of the molecule is CC(=O)CCSc1ccc(C)cc1.COC(=O)C(C(=O)CC(C)(O)CCSc1ccc(C)cc1)c1c(C)cc(C)cc1C.COC(=O)C(C(C)=O)c1c(C)cc(C)cc1C. The monoisotopic (exact) mass is 856 g/mol. The minimum absolute atomic E-state index is 0.103. The zero-order valence-electron chi connectivity index (χ0n) is 37.7. The molecular formula is C50H64O8S2. The molecule has 0 heterocycles. The lowest BCUT2D eigenvalue weighted by molar-refractivity contribution is -0.147. The first-order valence-corrected chi connectivity index (χ1v) is 22.0. The van der Waals surface area contributed by atoms with Gasteiger partial charge in [-0.3, -0.25) is 24.0 Å². The van der Waals surface area contributed by atoms with Gasteiger partial charge in [0.2, 0.25) is 0 Å². The zero-order valence-corrected chi connectivity index (χ0v) is 39.4. The first kappa shape index (κ1) is 51.6. The molecule has 4 rings (SSSR count). The number of thioether (sulfide) groups is 2. The average molecular weight is 857 g/mol. The number of ketones is 3. The molecule has 0 radical (unpaired) electrons. The van der Waals surface area contributed by atoms with E-state index in [1.807, 2.05) is 72.7 Å². The summed E-state index contributed by atoms with van der Waals surface area (Å²) < 4.78 is 9.65. The van der Waals surface area contributed by atoms with E-state index in [1.165, 1.54) is 37.2 Å². The van der Waals surface area contributed by atoms with Crippen molar-refractivity contribution in [3.63, 3.8) is 0 Å². The van der Waals surface area contributed by atoms with Crippen LogP contribution in [0.5, 0.6) is 0 Å². The lowest BCUT2D eigenvalue weighted by atomic mass is 9.82. The zero-order chi connectivity index (χ0) is 45.3. The molecule has 3 atom stereocenters. The van der Waals surface area contributed by atoms with Gasteiger partial charge in [0, 0.05) is 34.1 Å². The highest BCUT2D eigenvalue weighted by Crippen LogP contribution is 2.32. The normalized spacial score (nSPS) is 12.6. The van der Waals surface area contributed by atoms with E-state index in [1.54, 1.807) is 37.4 Å². The van der Waals surface area contributed by atoms with Gasteiger partial charge in [-0.05, 0) is 140 Å². The number of hydrogen-bond donors (Lipinski definition) is 1. The molecule has 0 amide bonds. The second-order valence-electron chi connectivity index (χ2n) is 15.8. The van der Waals surface area contributed by atoms with E-state index < -0.39 is 29.4 Å². The van der Waals surface area contributed by atoms with Crippen LogP contribution in [0.2, 0.25) is 0 Å². The average Bonchev–Trinajstić information content (AvgIpc) is 3.15. The predicted molar refractivity (Wildman–Crippen MR) is 245 cm³/mol. The second kappa shape index (κ2) is 24.7. The first-order valence-electron chi connectivity index (χ1n) is 20.1. The molecule has 0 aliphatic carbocycles. The number of aliphatic hydroxyl groups is 1. The fourth-order valence-electron chi connectivity index (χ4n) is 6.96. The summed E-state index contributed by atoms with van der Waals surface area (Å²) in [6.07, 6.45) is 1.00. The van der Waals surface area contributed by atoms with Crippen molar-refractivity contribution in [1.82, 2.24) is 0 Å². The van der Waals surface area contributed by atoms with Crippen molar-refractivity contribution < 1.29 is 38.6 Å². The van der Waals surface area contributed by atoms with Crippen LogP contribution in [0.3, 0.4) is 0 Å². The van der Waals surface area contributed by atoms with Gasteiger partial charge >= 0.3 is 11.9 Å². The summed E-state index contributed by atoms with van der Waals surface area (Å²) in [5, 5.41) is 10.9. The number of ether oxygens (including phenoxy) is 2. The van der Waals surface area contributed by atoms with Crippen LogP contribution in [0.1, 0.15) is 108 Å². The van der Waals surface area contributed by atoms with E-state index in [0.29, 0.717) is 24.2 Å². The maximum absolute atomic E-state index is 13.2. The molecule has 0 fully saturated rings. The first-order chi connectivity index (χ1) is 28.1. The summed E-state index contributed by atoms with van der Waals surface area (Å²) >= 11 is 3.38. The van der Waals surface area contributed by atoms with Gasteiger partial charge in [0.05, 0.1) is 19.8 Å². The largest absolute Gasteiger partial charge is 0.468 e. The van der Waals surface area contributed by atoms with Crippen molar-refractivity contribution in [3.05, 3.63) is 128 Å². The Morgan fingerprint density at radius 2 is 0.950 bits per heavy atom. The fourth-order valence-corrected chi connectivity index (χ4v) is 9.02. The maximum atomic E-state index is 13.2. The molecule has 324 valence electrons. The highest BCUT2D eigenvalue weighted by molar-refractivity contribution is 7.99. The molecule has 1 N–H and O–H groups in total. The Kier molecular flexibility index (Phi) is 21.2. The number of hydrogen-bond acceptors (Lipinski definition) is 10. The van der Waals surface area contributed by atoms with Crippen LogP contribution in [-0.2, 0) is 33.4 Å². The quantitative estimate of drug-likeness (QED) is 0.0662. The van der Waals surface area contributed by atoms with Crippen LogP contribution < -0.4 is 0 Å². The number of esters is 2. The molecule has 8 nitrogen and oxygen atoms in total. The van der Waals surface area contributed by atoms with Gasteiger partial charge < -0.3 is 14.6 Å². The van der Waals surface area contributed by atoms with Gasteiger partial charge in [0.1, 0.15) is 23.4 Å². The molecule has 0 saturated carbocycles. The van der Waals surface area contributed by atoms with Crippen molar-refractivity contribution in [2.45, 2.75) is 123 Å². The highest BCUT2D eigenvalue weighted by atomic mass is 32.2. The molecule has 4 aromatic carbocycles. The molecular weight excluding hydrogens is 793 g/mol. The molecule has 0 bridgehead atoms. The second-order valence-corrected chi connectivity index (χ2v) is 18.1. The van der Waals surface area contributed by atoms with Crippen molar-refractivity contribution in [1.29, 1.82) is 0 Å². The van der Waals surface area contributed by atoms with Gasteiger partial charge in [-0.2, -0.15) is 0 Å². The summed E-state index contributed by atoms with van der Waals surface area (Å²) in [5.41, 5.74) is 8.59. The summed E-state index contributed by atoms with van der Waals surface area (Å²) in [4.78, 5) is 62.1. The minimum Gasteiger partial charge on any atom is -0.468 e. The Labute approximate surface area is 366 Å². The smallest absolute Gasteiger partial charge is 0.320 e. The number of aryl methyl sites for hydroxylation is 8. The molecule has 0 aliphatic rings. The van der Waals surface area contributed by atoms with E-state index in [4.69, 9.17) is 9.47 Å². The summed E-state index contributed by atoms with van der Waals surface area (Å²) in [5.74, 6) is -1.58. The third kappa shape index (κ3) is 16.9. The lowest BCUT2D eigenvalue weighted by Gasteiger charge is -2.26. The van der Waals surface area contributed by atoms with Crippen LogP contribution in [0, 0.1) is 55.4 Å². The number of Topliss-reactive ketones (excluding diaryl/α,β-unsaturated/α-hetero) is 3. The van der Waals surface area contributed by atoms with Gasteiger partial charge in [0.15, 0.2) is 5.78 Å². The van der Waals surface area contributed by atoms with E-state index in [-0.39, 0.29) is 23.8 Å². The van der Waals surface area contributed by atoms with Crippen LogP contribution in [0.4, 0.5) is 0 Å². The van der Waals surface area contributed by atoms with Gasteiger partial charge in [-0.1, -0.05) is 70.8 Å². The minimum atomic E-state index is -1.20. The fraction of sp³-hybridized carbons (Fsp3) is 0.420. The van der Waals surface area contributed by atoms with Crippen LogP contribution in [0.25, 0.3) is 0 Å². The number of carbonyl (C=O) groups is 5. The standard InChI is InChI=1S/C25H32O4S.C14H18O3.C11H14OS/c1-16-7-9-20(10-8-16)30-12-11-25(5,28)15-21(26)23(24(27)29-6)22-18(3)13-17(2)14-19(22)4;1-8-6-9(2)12(10(3)7-8)13(11(4)15)14(16)17-5;1-9-3-5-11(6-4-9)13-8-7-10(2)12/h7-10,13-14,23,28H,11-12,15H2,1-6H3;6-7,13H,1-5H3;3-6H,7-8H2,1-2H3. The van der Waals surface area contributed by atoms with Crippen LogP contribution >= 0.6 is 23.5 Å². The third-order valence-electron chi connectivity index (χ3n) is 9.88. The molecule has 4 aromatic rings. The third-order valence-corrected chi connectivity index (χ3v) is 11.9.